The Labute approximate surface area is 107 Å². The Morgan fingerprint density at radius 3 is 2.83 bits per heavy atom. The molecule has 4 heteroatoms. The number of hydrogen-bond donors (Lipinski definition) is 2. The van der Waals surface area contributed by atoms with Crippen LogP contribution in [0.25, 0.3) is 11.1 Å². The maximum absolute atomic E-state index is 9.43. The van der Waals surface area contributed by atoms with Crippen LogP contribution in [0.2, 0.25) is 0 Å². The Hall–Kier alpha value is -1.39. The number of nitrogens with zero attached hydrogens (tertiary/aromatic N) is 1. The molecular formula is C14H20N2O2. The summed E-state index contributed by atoms with van der Waals surface area (Å²) in [6, 6.07) is 6.15. The number of aliphatic hydroxyl groups is 1. The quantitative estimate of drug-likeness (QED) is 0.853. The van der Waals surface area contributed by atoms with Crippen LogP contribution in [0.4, 0.5) is 0 Å². The van der Waals surface area contributed by atoms with E-state index in [-0.39, 0.29) is 18.6 Å². The minimum absolute atomic E-state index is 0.140. The van der Waals surface area contributed by atoms with Crippen molar-refractivity contribution < 1.29 is 9.52 Å². The van der Waals surface area contributed by atoms with Crippen LogP contribution in [-0.2, 0) is 0 Å². The number of nitrogens with one attached hydrogen (secondary N) is 1. The normalized spacial score (nSPS) is 14.9. The summed E-state index contributed by atoms with van der Waals surface area (Å²) in [5, 5.41) is 12.7. The number of benzene rings is 1. The number of hydrogen-bond acceptors (Lipinski definition) is 4. The van der Waals surface area contributed by atoms with Gasteiger partial charge in [-0.15, -0.1) is 0 Å². The fourth-order valence-corrected chi connectivity index (χ4v) is 2.40. The van der Waals surface area contributed by atoms with Crippen LogP contribution in [0.3, 0.4) is 0 Å². The molecule has 0 aliphatic carbocycles. The highest BCUT2D eigenvalue weighted by Crippen LogP contribution is 2.27. The Morgan fingerprint density at radius 2 is 2.22 bits per heavy atom. The molecule has 0 spiro atoms. The molecule has 1 aromatic heterocycles. The van der Waals surface area contributed by atoms with Crippen molar-refractivity contribution in [2.45, 2.75) is 26.3 Å². The van der Waals surface area contributed by atoms with Gasteiger partial charge in [-0.2, -0.15) is 0 Å². The van der Waals surface area contributed by atoms with E-state index in [9.17, 15) is 5.11 Å². The maximum Gasteiger partial charge on any atom is 0.192 e. The summed E-state index contributed by atoms with van der Waals surface area (Å²) in [7, 11) is 1.92. The van der Waals surface area contributed by atoms with Crippen molar-refractivity contribution in [2.75, 3.05) is 13.7 Å². The summed E-state index contributed by atoms with van der Waals surface area (Å²) in [4.78, 5) is 4.34. The van der Waals surface area contributed by atoms with Gasteiger partial charge in [0, 0.05) is 25.5 Å². The van der Waals surface area contributed by atoms with Crippen molar-refractivity contribution in [3.8, 4) is 0 Å². The molecular weight excluding hydrogens is 228 g/mol. The number of rotatable bonds is 5. The second kappa shape index (κ2) is 5.50. The zero-order chi connectivity index (χ0) is 13.1. The molecule has 0 aliphatic rings. The van der Waals surface area contributed by atoms with Gasteiger partial charge in [0.05, 0.1) is 0 Å². The van der Waals surface area contributed by atoms with Gasteiger partial charge in [-0.05, 0) is 31.2 Å². The molecule has 0 fully saturated rings. The lowest BCUT2D eigenvalue weighted by atomic mass is 9.91. The minimum Gasteiger partial charge on any atom is -0.441 e. The number of fused-ring (bicyclic) bond motifs is 1. The molecule has 1 heterocycles. The van der Waals surface area contributed by atoms with Gasteiger partial charge >= 0.3 is 0 Å². The second-order valence-corrected chi connectivity index (χ2v) is 4.58. The van der Waals surface area contributed by atoms with E-state index >= 15 is 0 Å². The predicted molar refractivity (Wildman–Crippen MR) is 71.4 cm³/mol. The average Bonchev–Trinajstić information content (AvgIpc) is 2.74. The summed E-state index contributed by atoms with van der Waals surface area (Å²) >= 11 is 0. The first-order valence-corrected chi connectivity index (χ1v) is 6.34. The van der Waals surface area contributed by atoms with Gasteiger partial charge in [0.1, 0.15) is 5.52 Å². The molecule has 0 bridgehead atoms. The van der Waals surface area contributed by atoms with Crippen LogP contribution in [-0.4, -0.2) is 23.7 Å². The topological polar surface area (TPSA) is 58.3 Å². The van der Waals surface area contributed by atoms with Crippen LogP contribution >= 0.6 is 0 Å². The molecule has 2 atom stereocenters. The minimum atomic E-state index is 0.140. The number of aliphatic hydroxyl groups excluding tert-OH is 1. The van der Waals surface area contributed by atoms with Gasteiger partial charge in [0.25, 0.3) is 0 Å². The summed E-state index contributed by atoms with van der Waals surface area (Å²) in [6.45, 7) is 4.11. The average molecular weight is 248 g/mol. The van der Waals surface area contributed by atoms with Crippen molar-refractivity contribution in [2.24, 2.45) is 5.92 Å². The first kappa shape index (κ1) is 13.1. The van der Waals surface area contributed by atoms with Gasteiger partial charge in [0.15, 0.2) is 11.5 Å². The highest BCUT2D eigenvalue weighted by molar-refractivity contribution is 5.73. The van der Waals surface area contributed by atoms with Crippen molar-refractivity contribution in [3.05, 3.63) is 29.7 Å². The molecule has 0 radical (unpaired) electrons. The number of oxazole rings is 1. The van der Waals surface area contributed by atoms with E-state index in [0.717, 1.165) is 23.1 Å². The highest BCUT2D eigenvalue weighted by Gasteiger charge is 2.20. The molecule has 98 valence electrons. The third-order valence-electron chi connectivity index (χ3n) is 3.42. The zero-order valence-corrected chi connectivity index (χ0v) is 11.1. The third kappa shape index (κ3) is 2.40. The molecule has 2 aromatic rings. The summed E-state index contributed by atoms with van der Waals surface area (Å²) in [5.41, 5.74) is 2.82. The fourth-order valence-electron chi connectivity index (χ4n) is 2.40. The van der Waals surface area contributed by atoms with Crippen molar-refractivity contribution >= 4 is 11.1 Å². The van der Waals surface area contributed by atoms with E-state index in [0.29, 0.717) is 5.89 Å². The number of aryl methyl sites for hydroxylation is 1. The first-order chi connectivity index (χ1) is 8.69. The standard InChI is InChI=1S/C14H20N2O2/c1-4-10(8-17)14(15-3)11-5-6-13-12(7-11)16-9(2)18-13/h5-7,10,14-15,17H,4,8H2,1-3H3. The van der Waals surface area contributed by atoms with E-state index in [1.54, 1.807) is 0 Å². The maximum atomic E-state index is 9.43. The van der Waals surface area contributed by atoms with E-state index < -0.39 is 0 Å². The summed E-state index contributed by atoms with van der Waals surface area (Å²) in [5.74, 6) is 0.887. The molecule has 0 aliphatic heterocycles. The lowest BCUT2D eigenvalue weighted by molar-refractivity contribution is 0.189. The van der Waals surface area contributed by atoms with Gasteiger partial charge in [-0.3, -0.25) is 0 Å². The smallest absolute Gasteiger partial charge is 0.192 e. The first-order valence-electron chi connectivity index (χ1n) is 6.34. The van der Waals surface area contributed by atoms with E-state index in [1.165, 1.54) is 0 Å². The third-order valence-corrected chi connectivity index (χ3v) is 3.42. The van der Waals surface area contributed by atoms with E-state index in [1.807, 2.05) is 32.2 Å². The lowest BCUT2D eigenvalue weighted by Crippen LogP contribution is -2.27. The van der Waals surface area contributed by atoms with Crippen molar-refractivity contribution in [1.29, 1.82) is 0 Å². The highest BCUT2D eigenvalue weighted by atomic mass is 16.3. The second-order valence-electron chi connectivity index (χ2n) is 4.58. The molecule has 2 unspecified atom stereocenters. The Balaban J connectivity index is 2.38. The summed E-state index contributed by atoms with van der Waals surface area (Å²) in [6.07, 6.45) is 0.928. The molecule has 4 nitrogen and oxygen atoms in total. The van der Waals surface area contributed by atoms with Gasteiger partial charge in [-0.25, -0.2) is 4.98 Å². The Kier molecular flexibility index (Phi) is 3.99. The van der Waals surface area contributed by atoms with E-state index in [4.69, 9.17) is 4.42 Å². The van der Waals surface area contributed by atoms with Crippen molar-refractivity contribution in [3.63, 3.8) is 0 Å². The monoisotopic (exact) mass is 248 g/mol. The molecule has 2 rings (SSSR count). The largest absolute Gasteiger partial charge is 0.441 e. The Bertz CT molecular complexity index is 517. The van der Waals surface area contributed by atoms with Crippen LogP contribution in [0, 0.1) is 12.8 Å². The Morgan fingerprint density at radius 1 is 1.44 bits per heavy atom. The summed E-state index contributed by atoms with van der Waals surface area (Å²) < 4.78 is 5.47. The van der Waals surface area contributed by atoms with Gasteiger partial charge in [0.2, 0.25) is 0 Å². The predicted octanol–water partition coefficient (Wildman–Crippen LogP) is 2.42. The fraction of sp³-hybridized carbons (Fsp3) is 0.500. The van der Waals surface area contributed by atoms with E-state index in [2.05, 4.69) is 17.2 Å². The van der Waals surface area contributed by atoms with Crippen LogP contribution in [0.5, 0.6) is 0 Å². The van der Waals surface area contributed by atoms with Crippen molar-refractivity contribution in [1.82, 2.24) is 10.3 Å². The molecule has 1 aromatic carbocycles. The van der Waals surface area contributed by atoms with Gasteiger partial charge < -0.3 is 14.8 Å². The van der Waals surface area contributed by atoms with Crippen LogP contribution < -0.4 is 5.32 Å². The molecule has 0 saturated carbocycles. The molecule has 0 amide bonds. The molecule has 18 heavy (non-hydrogen) atoms. The SMILES string of the molecule is CCC(CO)C(NC)c1ccc2oc(C)nc2c1. The molecule has 2 N–H and O–H groups in total. The van der Waals surface area contributed by atoms with Crippen LogP contribution in [0.15, 0.2) is 22.6 Å². The number of aromatic nitrogens is 1. The van der Waals surface area contributed by atoms with Gasteiger partial charge in [-0.1, -0.05) is 13.0 Å². The lowest BCUT2D eigenvalue weighted by Gasteiger charge is -2.24. The molecule has 0 saturated heterocycles. The zero-order valence-electron chi connectivity index (χ0n) is 11.1. The van der Waals surface area contributed by atoms with Crippen LogP contribution in [0.1, 0.15) is 30.8 Å².